The zero-order chi connectivity index (χ0) is 15.6. The third kappa shape index (κ3) is 3.21. The van der Waals surface area contributed by atoms with Gasteiger partial charge in [-0.2, -0.15) is 0 Å². The first-order valence-electron chi connectivity index (χ1n) is 7.24. The fraction of sp³-hybridized carbons (Fsp3) is 0.533. The molecule has 21 heavy (non-hydrogen) atoms. The molecule has 0 saturated carbocycles. The van der Waals surface area contributed by atoms with Gasteiger partial charge in [0.1, 0.15) is 5.56 Å². The smallest absolute Gasteiger partial charge is 0.282 e. The quantitative estimate of drug-likeness (QED) is 0.682. The van der Waals surface area contributed by atoms with Crippen LogP contribution in [0, 0.1) is 23.0 Å². The molecule has 2 atom stereocenters. The summed E-state index contributed by atoms with van der Waals surface area (Å²) in [4.78, 5) is 24.9. The van der Waals surface area contributed by atoms with Gasteiger partial charge in [0.15, 0.2) is 0 Å². The fourth-order valence-corrected chi connectivity index (χ4v) is 2.82. The first-order valence-corrected chi connectivity index (χ1v) is 7.24. The molecule has 1 fully saturated rings. The van der Waals surface area contributed by atoms with E-state index in [1.165, 1.54) is 6.07 Å². The van der Waals surface area contributed by atoms with Gasteiger partial charge in [-0.15, -0.1) is 0 Å². The predicted molar refractivity (Wildman–Crippen MR) is 80.1 cm³/mol. The van der Waals surface area contributed by atoms with E-state index >= 15 is 0 Å². The molecular weight excluding hydrogens is 270 g/mol. The molecule has 1 saturated heterocycles. The Labute approximate surface area is 124 Å². The van der Waals surface area contributed by atoms with Crippen LogP contribution in [0.5, 0.6) is 0 Å². The number of aryl methyl sites for hydroxylation is 1. The molecule has 1 aromatic carbocycles. The summed E-state index contributed by atoms with van der Waals surface area (Å²) in [5.74, 6) is -0.0117. The number of amides is 1. The molecule has 1 aromatic rings. The number of nitro groups is 1. The number of hydrogen-bond donors (Lipinski definition) is 1. The minimum absolute atomic E-state index is 0.103. The van der Waals surface area contributed by atoms with E-state index in [1.807, 2.05) is 13.8 Å². The predicted octanol–water partition coefficient (Wildman–Crippen LogP) is 2.10. The van der Waals surface area contributed by atoms with Crippen molar-refractivity contribution in [3.63, 3.8) is 0 Å². The second-order valence-corrected chi connectivity index (χ2v) is 5.65. The standard InChI is InChI=1S/C15H21N3O3/c1-3-11-9-17(7-6-13(11)16)15(19)12-8-10(2)4-5-14(12)18(20)21/h4-5,8,11,13H,3,6-7,9,16H2,1-2H3. The second kappa shape index (κ2) is 6.22. The van der Waals surface area contributed by atoms with Crippen molar-refractivity contribution in [1.82, 2.24) is 4.90 Å². The minimum Gasteiger partial charge on any atom is -0.338 e. The van der Waals surface area contributed by atoms with Gasteiger partial charge in [0.25, 0.3) is 11.6 Å². The van der Waals surface area contributed by atoms with E-state index in [9.17, 15) is 14.9 Å². The molecule has 1 heterocycles. The summed E-state index contributed by atoms with van der Waals surface area (Å²) in [6.45, 7) is 5.00. The number of carbonyl (C=O) groups is 1. The van der Waals surface area contributed by atoms with Crippen molar-refractivity contribution < 1.29 is 9.72 Å². The monoisotopic (exact) mass is 291 g/mol. The zero-order valence-electron chi connectivity index (χ0n) is 12.4. The number of nitrogens with zero attached hydrogens (tertiary/aromatic N) is 2. The molecule has 6 nitrogen and oxygen atoms in total. The highest BCUT2D eigenvalue weighted by molar-refractivity contribution is 5.98. The van der Waals surface area contributed by atoms with E-state index in [0.717, 1.165) is 18.4 Å². The van der Waals surface area contributed by atoms with Crippen LogP contribution in [0.4, 0.5) is 5.69 Å². The molecule has 1 aliphatic rings. The van der Waals surface area contributed by atoms with E-state index in [2.05, 4.69) is 0 Å². The average molecular weight is 291 g/mol. The summed E-state index contributed by atoms with van der Waals surface area (Å²) in [6.07, 6.45) is 1.64. The maximum Gasteiger partial charge on any atom is 0.282 e. The minimum atomic E-state index is -0.500. The Morgan fingerprint density at radius 1 is 1.52 bits per heavy atom. The van der Waals surface area contributed by atoms with Crippen molar-refractivity contribution in [3.05, 3.63) is 39.4 Å². The molecule has 0 aromatic heterocycles. The van der Waals surface area contributed by atoms with Crippen molar-refractivity contribution in [2.24, 2.45) is 11.7 Å². The van der Waals surface area contributed by atoms with Gasteiger partial charge in [0.2, 0.25) is 0 Å². The van der Waals surface area contributed by atoms with Gasteiger partial charge < -0.3 is 10.6 Å². The van der Waals surface area contributed by atoms with Gasteiger partial charge in [0.05, 0.1) is 4.92 Å². The van der Waals surface area contributed by atoms with E-state index in [1.54, 1.807) is 17.0 Å². The highest BCUT2D eigenvalue weighted by atomic mass is 16.6. The molecular formula is C15H21N3O3. The molecule has 2 N–H and O–H groups in total. The fourth-order valence-electron chi connectivity index (χ4n) is 2.82. The normalized spacial score (nSPS) is 22.1. The summed E-state index contributed by atoms with van der Waals surface area (Å²) < 4.78 is 0. The molecule has 0 spiro atoms. The Bertz CT molecular complexity index is 559. The van der Waals surface area contributed by atoms with Crippen LogP contribution < -0.4 is 5.73 Å². The number of hydrogen-bond acceptors (Lipinski definition) is 4. The Balaban J connectivity index is 2.28. The molecule has 1 aliphatic heterocycles. The van der Waals surface area contributed by atoms with Gasteiger partial charge in [-0.1, -0.05) is 19.4 Å². The average Bonchev–Trinajstić information content (AvgIpc) is 2.46. The maximum absolute atomic E-state index is 12.6. The Hall–Kier alpha value is -1.95. The molecule has 114 valence electrons. The van der Waals surface area contributed by atoms with Crippen LogP contribution in [-0.4, -0.2) is 34.9 Å². The van der Waals surface area contributed by atoms with Crippen LogP contribution in [0.15, 0.2) is 18.2 Å². The van der Waals surface area contributed by atoms with Gasteiger partial charge in [-0.05, 0) is 30.9 Å². The van der Waals surface area contributed by atoms with Gasteiger partial charge >= 0.3 is 0 Å². The zero-order valence-corrected chi connectivity index (χ0v) is 12.4. The first-order chi connectivity index (χ1) is 9.93. The highest BCUT2D eigenvalue weighted by Gasteiger charge is 2.31. The van der Waals surface area contributed by atoms with Crippen LogP contribution in [0.3, 0.4) is 0 Å². The van der Waals surface area contributed by atoms with Crippen molar-refractivity contribution in [2.75, 3.05) is 13.1 Å². The lowest BCUT2D eigenvalue weighted by atomic mass is 9.90. The number of nitrogens with two attached hydrogens (primary N) is 1. The molecule has 0 radical (unpaired) electrons. The van der Waals surface area contributed by atoms with Crippen molar-refractivity contribution in [3.8, 4) is 0 Å². The third-order valence-electron chi connectivity index (χ3n) is 4.18. The van der Waals surface area contributed by atoms with E-state index < -0.39 is 4.92 Å². The lowest BCUT2D eigenvalue weighted by molar-refractivity contribution is -0.385. The Morgan fingerprint density at radius 3 is 2.86 bits per heavy atom. The molecule has 6 heteroatoms. The number of piperidine rings is 1. The van der Waals surface area contributed by atoms with Crippen LogP contribution in [0.2, 0.25) is 0 Å². The number of benzene rings is 1. The number of likely N-dealkylation sites (tertiary alicyclic amines) is 1. The molecule has 2 unspecified atom stereocenters. The number of carbonyl (C=O) groups excluding carboxylic acids is 1. The summed E-state index contributed by atoms with van der Waals surface area (Å²) in [6, 6.07) is 4.74. The molecule has 0 bridgehead atoms. The summed E-state index contributed by atoms with van der Waals surface area (Å²) >= 11 is 0. The highest BCUT2D eigenvalue weighted by Crippen LogP contribution is 2.25. The Kier molecular flexibility index (Phi) is 4.57. The molecule has 2 rings (SSSR count). The number of rotatable bonds is 3. The summed E-state index contributed by atoms with van der Waals surface area (Å²) in [5, 5.41) is 11.1. The summed E-state index contributed by atoms with van der Waals surface area (Å²) in [5.41, 5.74) is 6.92. The number of nitro benzene ring substituents is 1. The maximum atomic E-state index is 12.6. The van der Waals surface area contributed by atoms with Gasteiger partial charge in [-0.3, -0.25) is 14.9 Å². The lowest BCUT2D eigenvalue weighted by Crippen LogP contribution is -2.49. The van der Waals surface area contributed by atoms with Crippen molar-refractivity contribution in [1.29, 1.82) is 0 Å². The topological polar surface area (TPSA) is 89.5 Å². The Morgan fingerprint density at radius 2 is 2.24 bits per heavy atom. The largest absolute Gasteiger partial charge is 0.338 e. The van der Waals surface area contributed by atoms with Crippen LogP contribution in [-0.2, 0) is 0 Å². The molecule has 0 aliphatic carbocycles. The van der Waals surface area contributed by atoms with Crippen molar-refractivity contribution in [2.45, 2.75) is 32.7 Å². The van der Waals surface area contributed by atoms with E-state index in [4.69, 9.17) is 5.73 Å². The van der Waals surface area contributed by atoms with Crippen molar-refractivity contribution >= 4 is 11.6 Å². The van der Waals surface area contributed by atoms with Gasteiger partial charge in [0, 0.05) is 25.2 Å². The SMILES string of the molecule is CCC1CN(C(=O)c2cc(C)ccc2[N+](=O)[O-])CCC1N. The third-order valence-corrected chi connectivity index (χ3v) is 4.18. The molecule has 1 amide bonds. The second-order valence-electron chi connectivity index (χ2n) is 5.65. The lowest BCUT2D eigenvalue weighted by Gasteiger charge is -2.36. The summed E-state index contributed by atoms with van der Waals surface area (Å²) in [7, 11) is 0. The van der Waals surface area contributed by atoms with E-state index in [0.29, 0.717) is 13.1 Å². The van der Waals surface area contributed by atoms with Gasteiger partial charge in [-0.25, -0.2) is 0 Å². The van der Waals surface area contributed by atoms with Crippen LogP contribution in [0.25, 0.3) is 0 Å². The van der Waals surface area contributed by atoms with Crippen LogP contribution in [0.1, 0.15) is 35.7 Å². The first kappa shape index (κ1) is 15.4. The van der Waals surface area contributed by atoms with Crippen LogP contribution >= 0.6 is 0 Å². The van der Waals surface area contributed by atoms with E-state index in [-0.39, 0.29) is 29.1 Å².